The zero-order chi connectivity index (χ0) is 14.3. The van der Waals surface area contributed by atoms with Gasteiger partial charge in [0.05, 0.1) is 5.69 Å². The van der Waals surface area contributed by atoms with E-state index in [1.165, 1.54) is 16.3 Å². The molecule has 0 unspecified atom stereocenters. The zero-order valence-corrected chi connectivity index (χ0v) is 12.1. The SMILES string of the molecule is CC(C)(C)OC(=O)N1CCc2c1ccc1ccccc21. The van der Waals surface area contributed by atoms with Gasteiger partial charge in [0, 0.05) is 6.54 Å². The number of carbonyl (C=O) groups is 1. The van der Waals surface area contributed by atoms with Crippen LogP contribution in [0, 0.1) is 0 Å². The summed E-state index contributed by atoms with van der Waals surface area (Å²) in [4.78, 5) is 14.0. The van der Waals surface area contributed by atoms with Crippen LogP contribution in [0.3, 0.4) is 0 Å². The number of carbonyl (C=O) groups excluding carboxylic acids is 1. The fourth-order valence-electron chi connectivity index (χ4n) is 2.69. The maximum Gasteiger partial charge on any atom is 0.414 e. The number of hydrogen-bond donors (Lipinski definition) is 0. The average molecular weight is 269 g/mol. The molecule has 0 atom stereocenters. The van der Waals surface area contributed by atoms with E-state index in [9.17, 15) is 4.79 Å². The van der Waals surface area contributed by atoms with Crippen LogP contribution in [0.2, 0.25) is 0 Å². The highest BCUT2D eigenvalue weighted by Crippen LogP contribution is 2.34. The van der Waals surface area contributed by atoms with E-state index in [0.717, 1.165) is 12.1 Å². The summed E-state index contributed by atoms with van der Waals surface area (Å²) in [6.07, 6.45) is 0.627. The minimum absolute atomic E-state index is 0.258. The van der Waals surface area contributed by atoms with Crippen molar-refractivity contribution in [1.82, 2.24) is 0 Å². The van der Waals surface area contributed by atoms with Crippen LogP contribution in [-0.2, 0) is 11.2 Å². The molecule has 20 heavy (non-hydrogen) atoms. The Morgan fingerprint density at radius 3 is 2.65 bits per heavy atom. The first-order chi connectivity index (χ1) is 9.46. The number of amides is 1. The van der Waals surface area contributed by atoms with Crippen molar-refractivity contribution in [3.63, 3.8) is 0 Å². The Balaban J connectivity index is 1.98. The van der Waals surface area contributed by atoms with Crippen molar-refractivity contribution >= 4 is 22.6 Å². The van der Waals surface area contributed by atoms with Gasteiger partial charge in [-0.2, -0.15) is 0 Å². The van der Waals surface area contributed by atoms with E-state index in [2.05, 4.69) is 18.2 Å². The van der Waals surface area contributed by atoms with Crippen LogP contribution in [0.15, 0.2) is 36.4 Å². The van der Waals surface area contributed by atoms with E-state index in [1.54, 1.807) is 4.90 Å². The van der Waals surface area contributed by atoms with Gasteiger partial charge in [-0.05, 0) is 49.6 Å². The van der Waals surface area contributed by atoms with Gasteiger partial charge < -0.3 is 4.74 Å². The van der Waals surface area contributed by atoms with Gasteiger partial charge in [-0.1, -0.05) is 30.3 Å². The first-order valence-electron chi connectivity index (χ1n) is 6.97. The van der Waals surface area contributed by atoms with Gasteiger partial charge in [0.25, 0.3) is 0 Å². The molecule has 0 spiro atoms. The Morgan fingerprint density at radius 1 is 1.15 bits per heavy atom. The predicted octanol–water partition coefficient (Wildman–Crippen LogP) is 4.14. The normalized spacial score (nSPS) is 14.4. The number of rotatable bonds is 0. The van der Waals surface area contributed by atoms with Gasteiger partial charge in [-0.3, -0.25) is 4.90 Å². The molecule has 0 aliphatic carbocycles. The number of hydrogen-bond acceptors (Lipinski definition) is 2. The Morgan fingerprint density at radius 2 is 1.90 bits per heavy atom. The van der Waals surface area contributed by atoms with Crippen molar-refractivity contribution in [2.45, 2.75) is 32.8 Å². The maximum absolute atomic E-state index is 12.3. The second kappa shape index (κ2) is 4.51. The molecule has 2 aromatic carbocycles. The van der Waals surface area contributed by atoms with Gasteiger partial charge >= 0.3 is 6.09 Å². The van der Waals surface area contributed by atoms with Crippen molar-refractivity contribution in [1.29, 1.82) is 0 Å². The Labute approximate surface area is 119 Å². The molecule has 0 N–H and O–H groups in total. The van der Waals surface area contributed by atoms with Gasteiger partial charge in [0.15, 0.2) is 0 Å². The van der Waals surface area contributed by atoms with Crippen molar-refractivity contribution in [2.75, 3.05) is 11.4 Å². The van der Waals surface area contributed by atoms with Crippen LogP contribution in [-0.4, -0.2) is 18.2 Å². The number of nitrogens with zero attached hydrogens (tertiary/aromatic N) is 1. The molecule has 3 nitrogen and oxygen atoms in total. The summed E-state index contributed by atoms with van der Waals surface area (Å²) in [7, 11) is 0. The highest BCUT2D eigenvalue weighted by Gasteiger charge is 2.29. The number of anilines is 1. The second-order valence-electron chi connectivity index (χ2n) is 6.17. The zero-order valence-electron chi connectivity index (χ0n) is 12.1. The first kappa shape index (κ1) is 13.0. The number of fused-ring (bicyclic) bond motifs is 3. The smallest absolute Gasteiger partial charge is 0.414 e. The molecule has 0 saturated heterocycles. The summed E-state index contributed by atoms with van der Waals surface area (Å²) >= 11 is 0. The highest BCUT2D eigenvalue weighted by molar-refractivity contribution is 5.98. The molecule has 0 bridgehead atoms. The van der Waals surface area contributed by atoms with E-state index < -0.39 is 5.60 Å². The molecule has 1 heterocycles. The van der Waals surface area contributed by atoms with Gasteiger partial charge in [-0.25, -0.2) is 4.79 Å². The van der Waals surface area contributed by atoms with Crippen LogP contribution in [0.25, 0.3) is 10.8 Å². The molecule has 3 rings (SSSR count). The number of benzene rings is 2. The summed E-state index contributed by atoms with van der Waals surface area (Å²) in [6.45, 7) is 6.37. The van der Waals surface area contributed by atoms with E-state index in [4.69, 9.17) is 4.74 Å². The lowest BCUT2D eigenvalue weighted by Gasteiger charge is -2.24. The van der Waals surface area contributed by atoms with Gasteiger partial charge in [0.2, 0.25) is 0 Å². The highest BCUT2D eigenvalue weighted by atomic mass is 16.6. The van der Waals surface area contributed by atoms with E-state index >= 15 is 0 Å². The molecule has 104 valence electrons. The second-order valence-corrected chi connectivity index (χ2v) is 6.17. The van der Waals surface area contributed by atoms with Gasteiger partial charge in [-0.15, -0.1) is 0 Å². The molecule has 0 aromatic heterocycles. The van der Waals surface area contributed by atoms with E-state index in [0.29, 0.717) is 6.54 Å². The molecule has 1 aliphatic rings. The molecule has 0 radical (unpaired) electrons. The summed E-state index contributed by atoms with van der Waals surface area (Å²) in [5.41, 5.74) is 1.77. The van der Waals surface area contributed by atoms with Crippen LogP contribution >= 0.6 is 0 Å². The number of ether oxygens (including phenoxy) is 1. The lowest BCUT2D eigenvalue weighted by Crippen LogP contribution is -2.35. The largest absolute Gasteiger partial charge is 0.443 e. The molecule has 0 saturated carbocycles. The van der Waals surface area contributed by atoms with E-state index in [-0.39, 0.29) is 6.09 Å². The molecule has 1 amide bonds. The summed E-state index contributed by atoms with van der Waals surface area (Å²) in [6, 6.07) is 12.4. The maximum atomic E-state index is 12.3. The molecule has 1 aliphatic heterocycles. The fourth-order valence-corrected chi connectivity index (χ4v) is 2.69. The van der Waals surface area contributed by atoms with Crippen molar-refractivity contribution in [3.8, 4) is 0 Å². The lowest BCUT2D eigenvalue weighted by molar-refractivity contribution is 0.0584. The first-order valence-corrected chi connectivity index (χ1v) is 6.97. The lowest BCUT2D eigenvalue weighted by atomic mass is 10.0. The Bertz CT molecular complexity index is 670. The Kier molecular flexibility index (Phi) is 2.93. The Hall–Kier alpha value is -2.03. The van der Waals surface area contributed by atoms with Crippen LogP contribution in [0.5, 0.6) is 0 Å². The third kappa shape index (κ3) is 2.24. The quantitative estimate of drug-likeness (QED) is 0.719. The van der Waals surface area contributed by atoms with Crippen LogP contribution < -0.4 is 4.90 Å². The molecule has 2 aromatic rings. The van der Waals surface area contributed by atoms with Crippen molar-refractivity contribution < 1.29 is 9.53 Å². The minimum atomic E-state index is -0.462. The van der Waals surface area contributed by atoms with Crippen LogP contribution in [0.4, 0.5) is 10.5 Å². The van der Waals surface area contributed by atoms with Crippen LogP contribution in [0.1, 0.15) is 26.3 Å². The van der Waals surface area contributed by atoms with Crippen molar-refractivity contribution in [3.05, 3.63) is 42.0 Å². The topological polar surface area (TPSA) is 29.5 Å². The standard InChI is InChI=1S/C17H19NO2/c1-17(2,3)20-16(19)18-11-10-14-13-7-5-4-6-12(13)8-9-15(14)18/h4-9H,10-11H2,1-3H3. The monoisotopic (exact) mass is 269 g/mol. The molecule has 3 heteroatoms. The van der Waals surface area contributed by atoms with Gasteiger partial charge in [0.1, 0.15) is 5.60 Å². The molecular formula is C17H19NO2. The molecular weight excluding hydrogens is 250 g/mol. The third-order valence-electron chi connectivity index (χ3n) is 3.51. The summed E-state index contributed by atoms with van der Waals surface area (Å²) < 4.78 is 5.48. The predicted molar refractivity (Wildman–Crippen MR) is 81.2 cm³/mol. The summed E-state index contributed by atoms with van der Waals surface area (Å²) in [5, 5.41) is 2.45. The average Bonchev–Trinajstić information content (AvgIpc) is 2.81. The third-order valence-corrected chi connectivity index (χ3v) is 3.51. The van der Waals surface area contributed by atoms with E-state index in [1.807, 2.05) is 39.0 Å². The fraction of sp³-hybridized carbons (Fsp3) is 0.353. The molecule has 0 fully saturated rings. The van der Waals surface area contributed by atoms with Crippen molar-refractivity contribution in [2.24, 2.45) is 0 Å². The minimum Gasteiger partial charge on any atom is -0.443 e. The summed E-state index contributed by atoms with van der Waals surface area (Å²) in [5.74, 6) is 0.